The topological polar surface area (TPSA) is 47.0 Å². The molecule has 1 saturated carbocycles. The lowest BCUT2D eigenvalue weighted by Gasteiger charge is -2.25. The van der Waals surface area contributed by atoms with E-state index in [4.69, 9.17) is 4.74 Å². The monoisotopic (exact) mass is 225 g/mol. The van der Waals surface area contributed by atoms with E-state index < -0.39 is 0 Å². The van der Waals surface area contributed by atoms with Gasteiger partial charge in [0.2, 0.25) is 5.88 Å². The fourth-order valence-electron chi connectivity index (χ4n) is 1.34. The molecule has 1 heterocycles. The number of nitrogens with zero attached hydrogens (tertiary/aromatic N) is 2. The molecule has 15 heavy (non-hydrogen) atoms. The van der Waals surface area contributed by atoms with Crippen LogP contribution in [0, 0.1) is 0 Å². The number of thioether (sulfide) groups is 1. The Morgan fingerprint density at radius 3 is 2.80 bits per heavy atom. The van der Waals surface area contributed by atoms with Gasteiger partial charge in [-0.1, -0.05) is 11.8 Å². The van der Waals surface area contributed by atoms with E-state index in [9.17, 15) is 0 Å². The van der Waals surface area contributed by atoms with Gasteiger partial charge in [-0.05, 0) is 25.5 Å². The number of rotatable bonds is 4. The van der Waals surface area contributed by atoms with Crippen molar-refractivity contribution in [1.82, 2.24) is 9.97 Å². The van der Waals surface area contributed by atoms with Crippen LogP contribution in [-0.4, -0.2) is 29.4 Å². The van der Waals surface area contributed by atoms with Crippen LogP contribution in [0.1, 0.15) is 19.3 Å². The van der Waals surface area contributed by atoms with E-state index in [0.717, 1.165) is 23.8 Å². The van der Waals surface area contributed by atoms with Crippen molar-refractivity contribution >= 4 is 17.6 Å². The Bertz CT molecular complexity index is 319. The van der Waals surface area contributed by atoms with Crippen molar-refractivity contribution in [1.29, 1.82) is 0 Å². The molecule has 0 aromatic carbocycles. The molecule has 2 rings (SSSR count). The quantitative estimate of drug-likeness (QED) is 0.628. The van der Waals surface area contributed by atoms with Gasteiger partial charge in [-0.25, -0.2) is 4.98 Å². The van der Waals surface area contributed by atoms with Gasteiger partial charge in [0.1, 0.15) is 11.9 Å². The fraction of sp³-hybridized carbons (Fsp3) is 0.600. The van der Waals surface area contributed by atoms with Gasteiger partial charge < -0.3 is 10.1 Å². The summed E-state index contributed by atoms with van der Waals surface area (Å²) in [4.78, 5) is 8.59. The Balaban J connectivity index is 2.13. The Kier molecular flexibility index (Phi) is 3.30. The molecule has 0 aliphatic heterocycles. The maximum Gasteiger partial charge on any atom is 0.219 e. The lowest BCUT2D eigenvalue weighted by molar-refractivity contribution is 0.113. The molecule has 1 aliphatic carbocycles. The number of hydrogen-bond acceptors (Lipinski definition) is 5. The van der Waals surface area contributed by atoms with Gasteiger partial charge in [-0.2, -0.15) is 4.98 Å². The minimum atomic E-state index is 0.360. The van der Waals surface area contributed by atoms with E-state index in [2.05, 4.69) is 15.3 Å². The lowest BCUT2D eigenvalue weighted by atomic mass is 9.96. The van der Waals surface area contributed by atoms with Crippen molar-refractivity contribution in [3.63, 3.8) is 0 Å². The highest BCUT2D eigenvalue weighted by atomic mass is 32.2. The Morgan fingerprint density at radius 2 is 2.27 bits per heavy atom. The molecule has 5 heteroatoms. The van der Waals surface area contributed by atoms with Crippen LogP contribution >= 0.6 is 11.8 Å². The molecule has 0 bridgehead atoms. The molecule has 0 saturated heterocycles. The van der Waals surface area contributed by atoms with Gasteiger partial charge in [0.25, 0.3) is 0 Å². The third-order valence-electron chi connectivity index (χ3n) is 2.46. The van der Waals surface area contributed by atoms with Gasteiger partial charge in [0.15, 0.2) is 5.16 Å². The summed E-state index contributed by atoms with van der Waals surface area (Å²) in [5.74, 6) is 1.49. The highest BCUT2D eigenvalue weighted by Gasteiger charge is 2.20. The molecular weight excluding hydrogens is 210 g/mol. The summed E-state index contributed by atoms with van der Waals surface area (Å²) < 4.78 is 5.73. The molecule has 0 amide bonds. The summed E-state index contributed by atoms with van der Waals surface area (Å²) in [7, 11) is 1.85. The summed E-state index contributed by atoms with van der Waals surface area (Å²) >= 11 is 1.52. The first-order valence-corrected chi connectivity index (χ1v) is 6.32. The van der Waals surface area contributed by atoms with E-state index in [1.54, 1.807) is 0 Å². The van der Waals surface area contributed by atoms with Crippen molar-refractivity contribution in [2.24, 2.45) is 0 Å². The number of aromatic nitrogens is 2. The molecule has 1 aromatic heterocycles. The lowest BCUT2D eigenvalue weighted by Crippen LogP contribution is -2.25. The van der Waals surface area contributed by atoms with Gasteiger partial charge >= 0.3 is 0 Å². The van der Waals surface area contributed by atoms with Gasteiger partial charge in [0, 0.05) is 13.1 Å². The summed E-state index contributed by atoms with van der Waals surface area (Å²) in [6.07, 6.45) is 5.88. The second-order valence-corrected chi connectivity index (χ2v) is 4.27. The summed E-state index contributed by atoms with van der Waals surface area (Å²) in [6, 6.07) is 1.85. The van der Waals surface area contributed by atoms with Crippen molar-refractivity contribution in [3.8, 4) is 5.88 Å². The molecule has 1 fully saturated rings. The highest BCUT2D eigenvalue weighted by Crippen LogP contribution is 2.26. The van der Waals surface area contributed by atoms with E-state index >= 15 is 0 Å². The SMILES string of the molecule is CNc1cc(OC2CCC2)nc(SC)n1. The zero-order valence-corrected chi connectivity index (χ0v) is 9.80. The van der Waals surface area contributed by atoms with Crippen molar-refractivity contribution in [2.75, 3.05) is 18.6 Å². The predicted octanol–water partition coefficient (Wildman–Crippen LogP) is 2.17. The third-order valence-corrected chi connectivity index (χ3v) is 3.01. The molecular formula is C10H15N3OS. The smallest absolute Gasteiger partial charge is 0.219 e. The molecule has 0 radical (unpaired) electrons. The molecule has 1 aliphatic rings. The first-order valence-electron chi connectivity index (χ1n) is 5.09. The highest BCUT2D eigenvalue weighted by molar-refractivity contribution is 7.98. The third kappa shape index (κ3) is 2.53. The molecule has 4 nitrogen and oxygen atoms in total. The van der Waals surface area contributed by atoms with Crippen LogP contribution in [0.5, 0.6) is 5.88 Å². The summed E-state index contributed by atoms with van der Waals surface area (Å²) in [6.45, 7) is 0. The average molecular weight is 225 g/mol. The molecule has 1 N–H and O–H groups in total. The standard InChI is InChI=1S/C10H15N3OS/c1-11-8-6-9(13-10(12-8)15-2)14-7-4-3-5-7/h6-7H,3-5H2,1-2H3,(H,11,12,13). The van der Waals surface area contributed by atoms with E-state index in [1.807, 2.05) is 19.4 Å². The van der Waals surface area contributed by atoms with E-state index in [1.165, 1.54) is 18.2 Å². The number of ether oxygens (including phenoxy) is 1. The largest absolute Gasteiger partial charge is 0.474 e. The van der Waals surface area contributed by atoms with Crippen molar-refractivity contribution in [3.05, 3.63) is 6.07 Å². The second-order valence-electron chi connectivity index (χ2n) is 3.50. The average Bonchev–Trinajstić information content (AvgIpc) is 2.23. The van der Waals surface area contributed by atoms with Crippen molar-refractivity contribution in [2.45, 2.75) is 30.5 Å². The Morgan fingerprint density at radius 1 is 1.47 bits per heavy atom. The minimum absolute atomic E-state index is 0.360. The van der Waals surface area contributed by atoms with Crippen molar-refractivity contribution < 1.29 is 4.74 Å². The second kappa shape index (κ2) is 4.70. The first kappa shape index (κ1) is 10.5. The van der Waals surface area contributed by atoms with Crippen LogP contribution in [-0.2, 0) is 0 Å². The maximum absolute atomic E-state index is 5.73. The minimum Gasteiger partial charge on any atom is -0.474 e. The van der Waals surface area contributed by atoms with Crippen LogP contribution in [0.3, 0.4) is 0 Å². The molecule has 0 spiro atoms. The number of anilines is 1. The van der Waals surface area contributed by atoms with Crippen LogP contribution in [0.25, 0.3) is 0 Å². The predicted molar refractivity (Wildman–Crippen MR) is 61.6 cm³/mol. The number of hydrogen-bond donors (Lipinski definition) is 1. The van der Waals surface area contributed by atoms with Crippen LogP contribution < -0.4 is 10.1 Å². The first-order chi connectivity index (χ1) is 7.31. The molecule has 82 valence electrons. The molecule has 0 unspecified atom stereocenters. The van der Waals surface area contributed by atoms with E-state index in [0.29, 0.717) is 12.0 Å². The maximum atomic E-state index is 5.73. The Labute approximate surface area is 93.8 Å². The van der Waals surface area contributed by atoms with E-state index in [-0.39, 0.29) is 0 Å². The van der Waals surface area contributed by atoms with Crippen LogP contribution in [0.4, 0.5) is 5.82 Å². The van der Waals surface area contributed by atoms with Gasteiger partial charge in [0.05, 0.1) is 0 Å². The zero-order valence-electron chi connectivity index (χ0n) is 8.99. The summed E-state index contributed by atoms with van der Waals surface area (Å²) in [5.41, 5.74) is 0. The Hall–Kier alpha value is -0.970. The van der Waals surface area contributed by atoms with Crippen LogP contribution in [0.15, 0.2) is 11.2 Å². The van der Waals surface area contributed by atoms with Gasteiger partial charge in [-0.15, -0.1) is 0 Å². The molecule has 0 atom stereocenters. The molecule has 1 aromatic rings. The number of nitrogens with one attached hydrogen (secondary N) is 1. The van der Waals surface area contributed by atoms with Crippen LogP contribution in [0.2, 0.25) is 0 Å². The fourth-order valence-corrected chi connectivity index (χ4v) is 1.71. The normalized spacial score (nSPS) is 15.9. The summed E-state index contributed by atoms with van der Waals surface area (Å²) in [5, 5.41) is 3.75. The van der Waals surface area contributed by atoms with Gasteiger partial charge in [-0.3, -0.25) is 0 Å². The zero-order chi connectivity index (χ0) is 10.7.